The third-order valence-corrected chi connectivity index (χ3v) is 3.31. The summed E-state index contributed by atoms with van der Waals surface area (Å²) in [5.41, 5.74) is -0.146. The fraction of sp³-hybridized carbons (Fsp3) is 0.0714. The van der Waals surface area contributed by atoms with Gasteiger partial charge in [0, 0.05) is 0 Å². The lowest BCUT2D eigenvalue weighted by atomic mass is 10.1. The Labute approximate surface area is 112 Å². The lowest BCUT2D eigenvalue weighted by molar-refractivity contribution is -0.137. The second kappa shape index (κ2) is 5.40. The lowest BCUT2D eigenvalue weighted by Crippen LogP contribution is -2.03. The molecular formula is C14H9F3OS. The minimum atomic E-state index is -4.34. The van der Waals surface area contributed by atoms with E-state index < -0.39 is 11.7 Å². The summed E-state index contributed by atoms with van der Waals surface area (Å²) in [7, 11) is 0. The number of rotatable bonds is 3. The molecule has 0 aliphatic rings. The van der Waals surface area contributed by atoms with Gasteiger partial charge in [-0.1, -0.05) is 24.3 Å². The number of hydrogen-bond donors (Lipinski definition) is 0. The smallest absolute Gasteiger partial charge is 0.288 e. The number of alkyl halides is 3. The lowest BCUT2D eigenvalue weighted by Gasteiger charge is -2.05. The van der Waals surface area contributed by atoms with E-state index in [0.717, 1.165) is 12.1 Å². The predicted molar refractivity (Wildman–Crippen MR) is 69.1 cm³/mol. The van der Waals surface area contributed by atoms with Crippen LogP contribution in [0.3, 0.4) is 0 Å². The zero-order chi connectivity index (χ0) is 13.9. The zero-order valence-electron chi connectivity index (χ0n) is 9.65. The van der Waals surface area contributed by atoms with Gasteiger partial charge in [0.25, 0.3) is 0 Å². The number of carbonyl (C=O) groups excluding carboxylic acids is 1. The minimum Gasteiger partial charge on any atom is -0.288 e. The van der Waals surface area contributed by atoms with E-state index in [4.69, 9.17) is 0 Å². The average Bonchev–Trinajstić information content (AvgIpc) is 2.89. The van der Waals surface area contributed by atoms with E-state index >= 15 is 0 Å². The van der Waals surface area contributed by atoms with Gasteiger partial charge in [-0.15, -0.1) is 11.3 Å². The van der Waals surface area contributed by atoms with Crippen molar-refractivity contribution in [1.82, 2.24) is 0 Å². The summed E-state index contributed by atoms with van der Waals surface area (Å²) in [5.74, 6) is -0.158. The third kappa shape index (κ3) is 3.54. The molecule has 2 aromatic rings. The fourth-order valence-corrected chi connectivity index (χ4v) is 2.10. The Morgan fingerprint density at radius 1 is 1.11 bits per heavy atom. The molecule has 1 heterocycles. The van der Waals surface area contributed by atoms with Gasteiger partial charge in [0.15, 0.2) is 5.78 Å². The Kier molecular flexibility index (Phi) is 3.85. The zero-order valence-corrected chi connectivity index (χ0v) is 10.5. The summed E-state index contributed by atoms with van der Waals surface area (Å²) < 4.78 is 37.0. The van der Waals surface area contributed by atoms with Crippen molar-refractivity contribution >= 4 is 23.2 Å². The van der Waals surface area contributed by atoms with E-state index in [1.54, 1.807) is 17.5 Å². The first-order chi connectivity index (χ1) is 8.97. The monoisotopic (exact) mass is 282 g/mol. The SMILES string of the molecule is O=C(/C=C/c1ccc(C(F)(F)F)cc1)c1cccs1. The number of benzene rings is 1. The first-order valence-corrected chi connectivity index (χ1v) is 6.28. The van der Waals surface area contributed by atoms with Crippen LogP contribution in [-0.4, -0.2) is 5.78 Å². The van der Waals surface area contributed by atoms with Crippen LogP contribution in [0.25, 0.3) is 6.08 Å². The Hall–Kier alpha value is -1.88. The van der Waals surface area contributed by atoms with Gasteiger partial charge in [-0.2, -0.15) is 13.2 Å². The number of hydrogen-bond acceptors (Lipinski definition) is 2. The van der Waals surface area contributed by atoms with Crippen molar-refractivity contribution in [1.29, 1.82) is 0 Å². The van der Waals surface area contributed by atoms with Crippen LogP contribution in [0, 0.1) is 0 Å². The third-order valence-electron chi connectivity index (χ3n) is 2.43. The van der Waals surface area contributed by atoms with Crippen LogP contribution in [0.4, 0.5) is 13.2 Å². The van der Waals surface area contributed by atoms with E-state index in [-0.39, 0.29) is 5.78 Å². The van der Waals surface area contributed by atoms with Crippen molar-refractivity contribution in [2.45, 2.75) is 6.18 Å². The van der Waals surface area contributed by atoms with E-state index in [9.17, 15) is 18.0 Å². The molecule has 0 aliphatic carbocycles. The second-order valence-electron chi connectivity index (χ2n) is 3.79. The molecule has 0 bridgehead atoms. The summed E-state index contributed by atoms with van der Waals surface area (Å²) in [5, 5.41) is 1.79. The van der Waals surface area contributed by atoms with Crippen molar-refractivity contribution in [2.75, 3.05) is 0 Å². The molecule has 0 atom stereocenters. The highest BCUT2D eigenvalue weighted by atomic mass is 32.1. The van der Waals surface area contributed by atoms with Gasteiger partial charge in [0.1, 0.15) is 0 Å². The standard InChI is InChI=1S/C14H9F3OS/c15-14(16,17)11-6-3-10(4-7-11)5-8-12(18)13-2-1-9-19-13/h1-9H/b8-5+. The van der Waals surface area contributed by atoms with Gasteiger partial charge in [-0.25, -0.2) is 0 Å². The highest BCUT2D eigenvalue weighted by Crippen LogP contribution is 2.29. The van der Waals surface area contributed by atoms with Gasteiger partial charge in [-0.05, 0) is 35.2 Å². The van der Waals surface area contributed by atoms with Crippen molar-refractivity contribution in [3.8, 4) is 0 Å². The van der Waals surface area contributed by atoms with Crippen LogP contribution in [0.2, 0.25) is 0 Å². The summed E-state index contributed by atoms with van der Waals surface area (Å²) >= 11 is 1.32. The maximum absolute atomic E-state index is 12.3. The van der Waals surface area contributed by atoms with Gasteiger partial charge < -0.3 is 0 Å². The van der Waals surface area contributed by atoms with Crippen molar-refractivity contribution in [3.05, 3.63) is 63.9 Å². The van der Waals surface area contributed by atoms with E-state index in [0.29, 0.717) is 10.4 Å². The topological polar surface area (TPSA) is 17.1 Å². The highest BCUT2D eigenvalue weighted by molar-refractivity contribution is 7.12. The van der Waals surface area contributed by atoms with Crippen LogP contribution in [-0.2, 0) is 6.18 Å². The number of carbonyl (C=O) groups is 1. The Balaban J connectivity index is 2.10. The first-order valence-electron chi connectivity index (χ1n) is 5.40. The maximum Gasteiger partial charge on any atom is 0.416 e. The molecule has 0 fully saturated rings. The second-order valence-corrected chi connectivity index (χ2v) is 4.74. The Morgan fingerprint density at radius 2 is 1.79 bits per heavy atom. The van der Waals surface area contributed by atoms with E-state index in [1.807, 2.05) is 0 Å². The number of allylic oxidation sites excluding steroid dienone is 1. The normalized spacial score (nSPS) is 11.9. The van der Waals surface area contributed by atoms with Gasteiger partial charge in [0.05, 0.1) is 10.4 Å². The summed E-state index contributed by atoms with van der Waals surface area (Å²) in [4.78, 5) is 12.2. The van der Waals surface area contributed by atoms with Crippen molar-refractivity contribution < 1.29 is 18.0 Å². The molecular weight excluding hydrogens is 273 g/mol. The fourth-order valence-electron chi connectivity index (χ4n) is 1.46. The summed E-state index contributed by atoms with van der Waals surface area (Å²) in [6, 6.07) is 8.13. The predicted octanol–water partition coefficient (Wildman–Crippen LogP) is 4.66. The van der Waals surface area contributed by atoms with Gasteiger partial charge >= 0.3 is 6.18 Å². The molecule has 19 heavy (non-hydrogen) atoms. The molecule has 2 rings (SSSR count). The van der Waals surface area contributed by atoms with Crippen LogP contribution in [0.5, 0.6) is 0 Å². The first kappa shape index (κ1) is 13.5. The molecule has 0 saturated carbocycles. The number of ketones is 1. The minimum absolute atomic E-state index is 0.158. The number of halogens is 3. The summed E-state index contributed by atoms with van der Waals surface area (Å²) in [6.45, 7) is 0. The van der Waals surface area contributed by atoms with E-state index in [1.165, 1.54) is 35.6 Å². The molecule has 1 aromatic heterocycles. The highest BCUT2D eigenvalue weighted by Gasteiger charge is 2.29. The molecule has 0 unspecified atom stereocenters. The molecule has 98 valence electrons. The van der Waals surface area contributed by atoms with Crippen LogP contribution >= 0.6 is 11.3 Å². The molecule has 0 saturated heterocycles. The van der Waals surface area contributed by atoms with Crippen LogP contribution < -0.4 is 0 Å². The van der Waals surface area contributed by atoms with Crippen LogP contribution in [0.15, 0.2) is 47.9 Å². The van der Waals surface area contributed by atoms with Crippen molar-refractivity contribution in [3.63, 3.8) is 0 Å². The average molecular weight is 282 g/mol. The molecule has 0 aliphatic heterocycles. The number of thiophene rings is 1. The van der Waals surface area contributed by atoms with Crippen molar-refractivity contribution in [2.24, 2.45) is 0 Å². The Bertz CT molecular complexity index is 580. The molecule has 1 nitrogen and oxygen atoms in total. The Morgan fingerprint density at radius 3 is 2.32 bits per heavy atom. The van der Waals surface area contributed by atoms with E-state index in [2.05, 4.69) is 0 Å². The maximum atomic E-state index is 12.3. The molecule has 1 aromatic carbocycles. The quantitative estimate of drug-likeness (QED) is 0.591. The molecule has 5 heteroatoms. The molecule has 0 amide bonds. The van der Waals surface area contributed by atoms with Crippen LogP contribution in [0.1, 0.15) is 20.8 Å². The largest absolute Gasteiger partial charge is 0.416 e. The molecule has 0 N–H and O–H groups in total. The molecule has 0 radical (unpaired) electrons. The van der Waals surface area contributed by atoms with Gasteiger partial charge in [0.2, 0.25) is 0 Å². The molecule has 0 spiro atoms. The van der Waals surface area contributed by atoms with Gasteiger partial charge in [-0.3, -0.25) is 4.79 Å². The summed E-state index contributed by atoms with van der Waals surface area (Å²) in [6.07, 6.45) is -1.48.